The summed E-state index contributed by atoms with van der Waals surface area (Å²) >= 11 is 6.04. The molecule has 2 aromatic heterocycles. The van der Waals surface area contributed by atoms with E-state index in [-0.39, 0.29) is 24.8 Å². The molecule has 8 heteroatoms. The number of benzene rings is 1. The van der Waals surface area contributed by atoms with Gasteiger partial charge in [-0.05, 0) is 30.7 Å². The van der Waals surface area contributed by atoms with E-state index in [4.69, 9.17) is 17.3 Å². The molecule has 2 N–H and O–H groups in total. The van der Waals surface area contributed by atoms with Gasteiger partial charge in [0.05, 0.1) is 18.6 Å². The lowest BCUT2D eigenvalue weighted by Crippen LogP contribution is -2.03. The highest BCUT2D eigenvalue weighted by molar-refractivity contribution is 6.31. The minimum Gasteiger partial charge on any atom is -0.369 e. The molecule has 0 amide bonds. The summed E-state index contributed by atoms with van der Waals surface area (Å²) in [6.45, 7) is 2.58. The van der Waals surface area contributed by atoms with Crippen molar-refractivity contribution < 1.29 is 0 Å². The van der Waals surface area contributed by atoms with Crippen LogP contribution in [0, 0.1) is 6.92 Å². The first-order valence-corrected chi connectivity index (χ1v) is 6.57. The molecular formula is C14H16Cl3N5. The molecule has 5 nitrogen and oxygen atoms in total. The average Bonchev–Trinajstić information content (AvgIpc) is 3.04. The minimum atomic E-state index is 0. The van der Waals surface area contributed by atoms with Crippen molar-refractivity contribution >= 4 is 42.4 Å². The van der Waals surface area contributed by atoms with Crippen LogP contribution in [0.2, 0.25) is 5.02 Å². The van der Waals surface area contributed by atoms with Gasteiger partial charge in [0.2, 0.25) is 0 Å². The van der Waals surface area contributed by atoms with Crippen LogP contribution >= 0.6 is 36.4 Å². The fourth-order valence-corrected chi connectivity index (χ4v) is 2.14. The van der Waals surface area contributed by atoms with E-state index in [0.29, 0.717) is 12.5 Å². The Morgan fingerprint density at radius 1 is 1.23 bits per heavy atom. The minimum absolute atomic E-state index is 0. The number of nitrogens with zero attached hydrogens (tertiary/aromatic N) is 4. The molecule has 0 aliphatic carbocycles. The van der Waals surface area contributed by atoms with Crippen LogP contribution in [0.4, 0.5) is 5.95 Å². The monoisotopic (exact) mass is 359 g/mol. The van der Waals surface area contributed by atoms with Crippen molar-refractivity contribution in [2.24, 2.45) is 0 Å². The lowest BCUT2D eigenvalue weighted by Gasteiger charge is -2.04. The highest BCUT2D eigenvalue weighted by atomic mass is 35.5. The molecule has 0 bridgehead atoms. The van der Waals surface area contributed by atoms with E-state index in [9.17, 15) is 0 Å². The van der Waals surface area contributed by atoms with Crippen LogP contribution in [0.1, 0.15) is 11.3 Å². The third-order valence-electron chi connectivity index (χ3n) is 3.16. The number of rotatable bonds is 3. The molecule has 3 aromatic rings. The first kappa shape index (κ1) is 18.4. The Morgan fingerprint density at radius 2 is 2.00 bits per heavy atom. The van der Waals surface area contributed by atoms with Gasteiger partial charge in [-0.2, -0.15) is 0 Å². The quantitative estimate of drug-likeness (QED) is 0.777. The van der Waals surface area contributed by atoms with Crippen molar-refractivity contribution in [1.82, 2.24) is 19.1 Å². The number of hydrogen-bond acceptors (Lipinski definition) is 3. The highest BCUT2D eigenvalue weighted by Gasteiger charge is 2.05. The average molecular weight is 361 g/mol. The molecule has 2 heterocycles. The fourth-order valence-electron chi connectivity index (χ4n) is 2.02. The molecule has 0 fully saturated rings. The third-order valence-corrected chi connectivity index (χ3v) is 3.58. The van der Waals surface area contributed by atoms with Crippen LogP contribution in [0.3, 0.4) is 0 Å². The standard InChI is InChI=1S/C14H14ClN5.2ClH/c1-10-6-12(2-3-13(10)15)20-8-11(18-9-20)7-19-5-4-17-14(19)16;;/h2-6,8-9H,7H2,1H3,(H2,16,17);2*1H. The van der Waals surface area contributed by atoms with E-state index in [1.54, 1.807) is 12.5 Å². The van der Waals surface area contributed by atoms with Gasteiger partial charge in [0.1, 0.15) is 0 Å². The van der Waals surface area contributed by atoms with E-state index in [2.05, 4.69) is 9.97 Å². The predicted molar refractivity (Wildman–Crippen MR) is 93.5 cm³/mol. The number of halogens is 3. The molecule has 3 rings (SSSR count). The fraction of sp³-hybridized carbons (Fsp3) is 0.143. The van der Waals surface area contributed by atoms with E-state index < -0.39 is 0 Å². The smallest absolute Gasteiger partial charge is 0.200 e. The Bertz CT molecular complexity index is 751. The maximum absolute atomic E-state index is 6.04. The van der Waals surface area contributed by atoms with Gasteiger partial charge in [0.25, 0.3) is 0 Å². The molecule has 0 unspecified atom stereocenters. The van der Waals surface area contributed by atoms with Crippen LogP contribution in [-0.2, 0) is 6.54 Å². The van der Waals surface area contributed by atoms with Gasteiger partial charge in [-0.15, -0.1) is 24.8 Å². The number of nitrogen functional groups attached to an aromatic ring is 1. The van der Waals surface area contributed by atoms with Crippen molar-refractivity contribution in [1.29, 1.82) is 0 Å². The maximum Gasteiger partial charge on any atom is 0.200 e. The molecule has 0 aliphatic rings. The Kier molecular flexibility index (Phi) is 6.29. The Labute approximate surface area is 146 Å². The van der Waals surface area contributed by atoms with Crippen molar-refractivity contribution in [3.8, 4) is 5.69 Å². The number of anilines is 1. The van der Waals surface area contributed by atoms with Crippen LogP contribution in [0.15, 0.2) is 43.1 Å². The summed E-state index contributed by atoms with van der Waals surface area (Å²) in [6.07, 6.45) is 7.27. The molecule has 118 valence electrons. The first-order valence-electron chi connectivity index (χ1n) is 6.19. The van der Waals surface area contributed by atoms with Gasteiger partial charge in [-0.3, -0.25) is 0 Å². The Balaban J connectivity index is 0.00000121. The highest BCUT2D eigenvalue weighted by Crippen LogP contribution is 2.19. The third kappa shape index (κ3) is 3.74. The zero-order valence-corrected chi connectivity index (χ0v) is 14.2. The second kappa shape index (κ2) is 7.54. The van der Waals surface area contributed by atoms with Crippen molar-refractivity contribution in [2.45, 2.75) is 13.5 Å². The maximum atomic E-state index is 6.04. The SMILES string of the molecule is Cc1cc(-n2cnc(Cn3ccnc3N)c2)ccc1Cl.Cl.Cl. The summed E-state index contributed by atoms with van der Waals surface area (Å²) in [7, 11) is 0. The number of imidazole rings is 2. The van der Waals surface area contributed by atoms with Gasteiger partial charge >= 0.3 is 0 Å². The van der Waals surface area contributed by atoms with Crippen LogP contribution in [0.25, 0.3) is 5.69 Å². The molecule has 0 saturated carbocycles. The number of hydrogen-bond donors (Lipinski definition) is 1. The molecular weight excluding hydrogens is 345 g/mol. The molecule has 0 aliphatic heterocycles. The van der Waals surface area contributed by atoms with E-state index >= 15 is 0 Å². The Hall–Kier alpha value is -1.69. The van der Waals surface area contributed by atoms with Gasteiger partial charge in [0.15, 0.2) is 5.95 Å². The molecule has 0 spiro atoms. The van der Waals surface area contributed by atoms with E-state index in [1.165, 1.54) is 0 Å². The van der Waals surface area contributed by atoms with E-state index in [0.717, 1.165) is 22.0 Å². The number of aromatic nitrogens is 4. The van der Waals surface area contributed by atoms with Crippen LogP contribution < -0.4 is 5.73 Å². The van der Waals surface area contributed by atoms with Crippen LogP contribution in [0.5, 0.6) is 0 Å². The molecule has 22 heavy (non-hydrogen) atoms. The largest absolute Gasteiger partial charge is 0.369 e. The lowest BCUT2D eigenvalue weighted by atomic mass is 10.2. The molecule has 0 radical (unpaired) electrons. The van der Waals surface area contributed by atoms with Crippen molar-refractivity contribution in [3.05, 3.63) is 59.4 Å². The molecule has 1 aromatic carbocycles. The van der Waals surface area contributed by atoms with Crippen LogP contribution in [-0.4, -0.2) is 19.1 Å². The predicted octanol–water partition coefficient (Wildman–Crippen LogP) is 3.50. The zero-order chi connectivity index (χ0) is 14.1. The molecule has 0 saturated heterocycles. The second-order valence-corrected chi connectivity index (χ2v) is 5.03. The summed E-state index contributed by atoms with van der Waals surface area (Å²) < 4.78 is 3.81. The van der Waals surface area contributed by atoms with Gasteiger partial charge < -0.3 is 14.9 Å². The molecule has 0 atom stereocenters. The van der Waals surface area contributed by atoms with Gasteiger partial charge in [-0.1, -0.05) is 11.6 Å². The number of aryl methyl sites for hydroxylation is 1. The number of nitrogens with two attached hydrogens (primary N) is 1. The Morgan fingerprint density at radius 3 is 2.64 bits per heavy atom. The summed E-state index contributed by atoms with van der Waals surface area (Å²) in [5.74, 6) is 0.488. The summed E-state index contributed by atoms with van der Waals surface area (Å²) in [5.41, 5.74) is 8.74. The van der Waals surface area contributed by atoms with Gasteiger partial charge in [-0.25, -0.2) is 9.97 Å². The zero-order valence-electron chi connectivity index (χ0n) is 11.8. The van der Waals surface area contributed by atoms with Gasteiger partial charge in [0, 0.05) is 29.3 Å². The first-order chi connectivity index (χ1) is 9.63. The summed E-state index contributed by atoms with van der Waals surface area (Å²) in [5, 5.41) is 0.764. The lowest BCUT2D eigenvalue weighted by molar-refractivity contribution is 0.790. The summed E-state index contributed by atoms with van der Waals surface area (Å²) in [6, 6.07) is 5.88. The normalized spacial score (nSPS) is 9.91. The summed E-state index contributed by atoms with van der Waals surface area (Å²) in [4.78, 5) is 8.38. The second-order valence-electron chi connectivity index (χ2n) is 4.62. The van der Waals surface area contributed by atoms with Crippen molar-refractivity contribution in [2.75, 3.05) is 5.73 Å². The topological polar surface area (TPSA) is 61.7 Å². The van der Waals surface area contributed by atoms with Crippen molar-refractivity contribution in [3.63, 3.8) is 0 Å². The van der Waals surface area contributed by atoms with E-state index in [1.807, 2.05) is 46.7 Å².